The van der Waals surface area contributed by atoms with E-state index in [4.69, 9.17) is 12.2 Å². The lowest BCUT2D eigenvalue weighted by atomic mass is 10.0. The molecule has 0 heterocycles. The molecule has 0 aliphatic heterocycles. The smallest absolute Gasteiger partial charge is 0.0599 e. The second-order valence-corrected chi connectivity index (χ2v) is 4.68. The lowest BCUT2D eigenvalue weighted by molar-refractivity contribution is 0.240. The summed E-state index contributed by atoms with van der Waals surface area (Å²) >= 11 is 0. The third-order valence-electron chi connectivity index (χ3n) is 2.97. The van der Waals surface area contributed by atoms with E-state index in [2.05, 4.69) is 24.7 Å². The summed E-state index contributed by atoms with van der Waals surface area (Å²) in [5, 5.41) is 0. The van der Waals surface area contributed by atoms with Crippen molar-refractivity contribution in [1.82, 2.24) is 4.90 Å². The molecule has 2 unspecified atom stereocenters. The fourth-order valence-corrected chi connectivity index (χ4v) is 1.57. The highest BCUT2D eigenvalue weighted by molar-refractivity contribution is 4.90. The van der Waals surface area contributed by atoms with E-state index >= 15 is 0 Å². The fraction of sp³-hybridized carbons (Fsp3) is 0.833. The van der Waals surface area contributed by atoms with Crippen molar-refractivity contribution < 1.29 is 0 Å². The lowest BCUT2D eigenvalue weighted by Crippen LogP contribution is -2.37. The Morgan fingerprint density at radius 1 is 1.50 bits per heavy atom. The Bertz CT molecular complexity index is 201. The zero-order valence-electron chi connectivity index (χ0n) is 9.37. The standard InChI is InChI=1S/C12H22N2/c1-4-7-14(9-12-5-6-12)8-10(2)11(3)13/h1,10-12H,5-9,13H2,2-3H3. The van der Waals surface area contributed by atoms with E-state index < -0.39 is 0 Å². The average molecular weight is 194 g/mol. The number of terminal acetylenes is 1. The van der Waals surface area contributed by atoms with Gasteiger partial charge in [0.05, 0.1) is 6.54 Å². The zero-order valence-corrected chi connectivity index (χ0v) is 9.37. The zero-order chi connectivity index (χ0) is 10.6. The van der Waals surface area contributed by atoms with Crippen LogP contribution < -0.4 is 5.73 Å². The molecule has 2 heteroatoms. The minimum atomic E-state index is 0.259. The summed E-state index contributed by atoms with van der Waals surface area (Å²) in [6.07, 6.45) is 8.12. The van der Waals surface area contributed by atoms with Crippen molar-refractivity contribution in [3.05, 3.63) is 0 Å². The van der Waals surface area contributed by atoms with Crippen LogP contribution in [0.3, 0.4) is 0 Å². The van der Waals surface area contributed by atoms with Crippen LogP contribution in [0.5, 0.6) is 0 Å². The molecule has 1 rings (SSSR count). The van der Waals surface area contributed by atoms with Crippen LogP contribution in [0, 0.1) is 24.2 Å². The number of hydrogen-bond acceptors (Lipinski definition) is 2. The van der Waals surface area contributed by atoms with Crippen LogP contribution in [0.2, 0.25) is 0 Å². The molecule has 2 N–H and O–H groups in total. The first-order valence-corrected chi connectivity index (χ1v) is 5.55. The molecule has 1 aliphatic rings. The van der Waals surface area contributed by atoms with Gasteiger partial charge >= 0.3 is 0 Å². The first kappa shape index (κ1) is 11.6. The predicted octanol–water partition coefficient (Wildman–Crippen LogP) is 1.31. The Morgan fingerprint density at radius 3 is 2.57 bits per heavy atom. The minimum Gasteiger partial charge on any atom is -0.328 e. The highest BCUT2D eigenvalue weighted by Gasteiger charge is 2.24. The second kappa shape index (κ2) is 5.38. The summed E-state index contributed by atoms with van der Waals surface area (Å²) in [7, 11) is 0. The van der Waals surface area contributed by atoms with Gasteiger partial charge in [0, 0.05) is 19.1 Å². The molecule has 0 radical (unpaired) electrons. The molecule has 2 nitrogen and oxygen atoms in total. The summed E-state index contributed by atoms with van der Waals surface area (Å²) in [6, 6.07) is 0.259. The molecule has 0 aromatic carbocycles. The molecule has 0 aromatic rings. The van der Waals surface area contributed by atoms with Gasteiger partial charge in [-0.2, -0.15) is 0 Å². The maximum atomic E-state index is 5.85. The second-order valence-electron chi connectivity index (χ2n) is 4.68. The fourth-order valence-electron chi connectivity index (χ4n) is 1.57. The number of nitrogens with two attached hydrogens (primary N) is 1. The number of hydrogen-bond donors (Lipinski definition) is 1. The maximum Gasteiger partial charge on any atom is 0.0599 e. The van der Waals surface area contributed by atoms with Gasteiger partial charge in [-0.15, -0.1) is 6.42 Å². The molecule has 1 fully saturated rings. The Morgan fingerprint density at radius 2 is 2.14 bits per heavy atom. The molecule has 0 amide bonds. The van der Waals surface area contributed by atoms with Crippen LogP contribution in [0.15, 0.2) is 0 Å². The number of nitrogens with zero attached hydrogens (tertiary/aromatic N) is 1. The first-order valence-electron chi connectivity index (χ1n) is 5.55. The lowest BCUT2D eigenvalue weighted by Gasteiger charge is -2.25. The van der Waals surface area contributed by atoms with E-state index in [9.17, 15) is 0 Å². The Balaban J connectivity index is 2.29. The molecular formula is C12H22N2. The third-order valence-corrected chi connectivity index (χ3v) is 2.97. The van der Waals surface area contributed by atoms with Gasteiger partial charge < -0.3 is 5.73 Å². The molecule has 0 aromatic heterocycles. The van der Waals surface area contributed by atoms with Gasteiger partial charge in [-0.1, -0.05) is 12.8 Å². The number of rotatable bonds is 6. The van der Waals surface area contributed by atoms with Gasteiger partial charge in [-0.05, 0) is 31.6 Å². The predicted molar refractivity (Wildman–Crippen MR) is 60.8 cm³/mol. The monoisotopic (exact) mass is 194 g/mol. The van der Waals surface area contributed by atoms with Crippen LogP contribution in [-0.2, 0) is 0 Å². The SMILES string of the molecule is C#CCN(CC1CC1)CC(C)C(C)N. The van der Waals surface area contributed by atoms with Crippen LogP contribution in [0.1, 0.15) is 26.7 Å². The van der Waals surface area contributed by atoms with E-state index in [1.54, 1.807) is 0 Å². The molecule has 80 valence electrons. The highest BCUT2D eigenvalue weighted by Crippen LogP contribution is 2.29. The summed E-state index contributed by atoms with van der Waals surface area (Å²) in [4.78, 5) is 2.37. The van der Waals surface area contributed by atoms with E-state index in [0.717, 1.165) is 19.0 Å². The van der Waals surface area contributed by atoms with Gasteiger partial charge in [-0.3, -0.25) is 4.90 Å². The van der Waals surface area contributed by atoms with Crippen molar-refractivity contribution in [2.75, 3.05) is 19.6 Å². The summed E-state index contributed by atoms with van der Waals surface area (Å²) in [5.74, 6) is 4.17. The Labute approximate surface area is 87.8 Å². The van der Waals surface area contributed by atoms with E-state index in [0.29, 0.717) is 5.92 Å². The minimum absolute atomic E-state index is 0.259. The first-order chi connectivity index (χ1) is 6.63. The van der Waals surface area contributed by atoms with E-state index in [-0.39, 0.29) is 6.04 Å². The molecule has 14 heavy (non-hydrogen) atoms. The van der Waals surface area contributed by atoms with Gasteiger partial charge in [0.1, 0.15) is 0 Å². The topological polar surface area (TPSA) is 29.3 Å². The van der Waals surface area contributed by atoms with Gasteiger partial charge in [-0.25, -0.2) is 0 Å². The van der Waals surface area contributed by atoms with Gasteiger partial charge in [0.2, 0.25) is 0 Å². The normalized spacial score (nSPS) is 20.5. The van der Waals surface area contributed by atoms with Crippen molar-refractivity contribution in [2.45, 2.75) is 32.7 Å². The van der Waals surface area contributed by atoms with Crippen molar-refractivity contribution in [2.24, 2.45) is 17.6 Å². The molecule has 0 saturated heterocycles. The van der Waals surface area contributed by atoms with Crippen LogP contribution in [-0.4, -0.2) is 30.6 Å². The molecule has 0 spiro atoms. The van der Waals surface area contributed by atoms with Crippen molar-refractivity contribution >= 4 is 0 Å². The molecule has 2 atom stereocenters. The van der Waals surface area contributed by atoms with Gasteiger partial charge in [0.25, 0.3) is 0 Å². The van der Waals surface area contributed by atoms with Crippen LogP contribution in [0.25, 0.3) is 0 Å². The van der Waals surface area contributed by atoms with E-state index in [1.165, 1.54) is 19.4 Å². The van der Waals surface area contributed by atoms with Crippen molar-refractivity contribution in [1.29, 1.82) is 0 Å². The largest absolute Gasteiger partial charge is 0.328 e. The third kappa shape index (κ3) is 4.13. The Kier molecular flexibility index (Phi) is 4.44. The summed E-state index contributed by atoms with van der Waals surface area (Å²) in [6.45, 7) is 7.24. The van der Waals surface area contributed by atoms with Crippen LogP contribution in [0.4, 0.5) is 0 Å². The highest BCUT2D eigenvalue weighted by atomic mass is 15.1. The summed E-state index contributed by atoms with van der Waals surface area (Å²) < 4.78 is 0. The maximum absolute atomic E-state index is 5.85. The van der Waals surface area contributed by atoms with E-state index in [1.807, 2.05) is 0 Å². The Hall–Kier alpha value is -0.520. The summed E-state index contributed by atoms with van der Waals surface area (Å²) in [5.41, 5.74) is 5.85. The average Bonchev–Trinajstić information content (AvgIpc) is 2.88. The molecule has 1 aliphatic carbocycles. The molecule has 1 saturated carbocycles. The molecular weight excluding hydrogens is 172 g/mol. The van der Waals surface area contributed by atoms with Crippen molar-refractivity contribution in [3.8, 4) is 12.3 Å². The van der Waals surface area contributed by atoms with Gasteiger partial charge in [0.15, 0.2) is 0 Å². The van der Waals surface area contributed by atoms with Crippen LogP contribution >= 0.6 is 0 Å². The quantitative estimate of drug-likeness (QED) is 0.646. The van der Waals surface area contributed by atoms with Crippen molar-refractivity contribution in [3.63, 3.8) is 0 Å². The molecule has 0 bridgehead atoms.